The van der Waals surface area contributed by atoms with Gasteiger partial charge in [0, 0.05) is 25.1 Å². The van der Waals surface area contributed by atoms with Crippen molar-refractivity contribution in [3.63, 3.8) is 0 Å². The van der Waals surface area contributed by atoms with Gasteiger partial charge in [0.2, 0.25) is 5.91 Å². The van der Waals surface area contributed by atoms with Crippen molar-refractivity contribution >= 4 is 11.9 Å². The maximum atomic E-state index is 13.3. The number of hydrogen-bond acceptors (Lipinski definition) is 4. The van der Waals surface area contributed by atoms with Gasteiger partial charge in [0.05, 0.1) is 18.2 Å². The summed E-state index contributed by atoms with van der Waals surface area (Å²) in [6, 6.07) is -0.0352. The molecule has 2 saturated heterocycles. The van der Waals surface area contributed by atoms with E-state index >= 15 is 0 Å². The fourth-order valence-corrected chi connectivity index (χ4v) is 11.3. The van der Waals surface area contributed by atoms with Gasteiger partial charge < -0.3 is 9.64 Å². The second kappa shape index (κ2) is 24.5. The summed E-state index contributed by atoms with van der Waals surface area (Å²) in [5.41, 5.74) is 0. The van der Waals surface area contributed by atoms with Crippen LogP contribution >= 0.6 is 0 Å². The van der Waals surface area contributed by atoms with E-state index in [-0.39, 0.29) is 42.1 Å². The van der Waals surface area contributed by atoms with E-state index < -0.39 is 0 Å². The Morgan fingerprint density at radius 2 is 1.38 bits per heavy atom. The SMILES string of the molecule is CCCCC(C[C@H]1C(OCCCCCCCCCCCCCC2C[C@H](CC)[C@H](C)[C@H](C)C2)[C@@H](CC)N[C@H]1N1CC(C)C(=O)NC1=O)C(C(C)C)C(C)C. The van der Waals surface area contributed by atoms with Crippen molar-refractivity contribution in [1.29, 1.82) is 0 Å². The summed E-state index contributed by atoms with van der Waals surface area (Å²) in [7, 11) is 0. The van der Waals surface area contributed by atoms with Crippen LogP contribution in [-0.2, 0) is 9.53 Å². The molecule has 310 valence electrons. The molecule has 2 heterocycles. The minimum Gasteiger partial charge on any atom is -0.376 e. The van der Waals surface area contributed by atoms with Gasteiger partial charge in [0.25, 0.3) is 0 Å². The van der Waals surface area contributed by atoms with Crippen LogP contribution < -0.4 is 10.6 Å². The maximum absolute atomic E-state index is 13.3. The summed E-state index contributed by atoms with van der Waals surface area (Å²) in [5.74, 6) is 6.09. The number of imide groups is 1. The van der Waals surface area contributed by atoms with Crippen molar-refractivity contribution in [2.75, 3.05) is 13.2 Å². The number of ether oxygens (including phenoxy) is 1. The van der Waals surface area contributed by atoms with Crippen LogP contribution in [0.3, 0.4) is 0 Å². The Hall–Kier alpha value is -1.14. The van der Waals surface area contributed by atoms with E-state index in [0.717, 1.165) is 49.5 Å². The number of unbranched alkanes of at least 4 members (excludes halogenated alkanes) is 11. The Morgan fingerprint density at radius 3 is 1.94 bits per heavy atom. The largest absolute Gasteiger partial charge is 0.376 e. The second-order valence-corrected chi connectivity index (χ2v) is 19.2. The van der Waals surface area contributed by atoms with Crippen LogP contribution in [0.15, 0.2) is 0 Å². The summed E-state index contributed by atoms with van der Waals surface area (Å²) in [5, 5.41) is 6.53. The number of urea groups is 1. The average molecular weight is 744 g/mol. The zero-order chi connectivity index (χ0) is 38.9. The van der Waals surface area contributed by atoms with Gasteiger partial charge in [-0.05, 0) is 79.4 Å². The summed E-state index contributed by atoms with van der Waals surface area (Å²) >= 11 is 0. The third-order valence-corrected chi connectivity index (χ3v) is 14.5. The van der Waals surface area contributed by atoms with E-state index in [1.165, 1.54) is 109 Å². The zero-order valence-corrected chi connectivity index (χ0v) is 36.7. The van der Waals surface area contributed by atoms with Gasteiger partial charge in [-0.3, -0.25) is 15.4 Å². The molecule has 2 aliphatic heterocycles. The van der Waals surface area contributed by atoms with Crippen molar-refractivity contribution < 1.29 is 14.3 Å². The lowest BCUT2D eigenvalue weighted by Gasteiger charge is -2.41. The normalized spacial score (nSPS) is 30.2. The first-order valence-corrected chi connectivity index (χ1v) is 23.4. The second-order valence-electron chi connectivity index (χ2n) is 19.2. The molecular weight excluding hydrogens is 655 g/mol. The van der Waals surface area contributed by atoms with E-state index in [1.54, 1.807) is 0 Å². The van der Waals surface area contributed by atoms with Crippen LogP contribution in [0, 0.1) is 59.2 Å². The van der Waals surface area contributed by atoms with E-state index in [0.29, 0.717) is 30.2 Å². The topological polar surface area (TPSA) is 70.7 Å². The van der Waals surface area contributed by atoms with Crippen LogP contribution in [0.25, 0.3) is 0 Å². The summed E-state index contributed by atoms with van der Waals surface area (Å²) in [4.78, 5) is 27.6. The molecule has 0 bridgehead atoms. The van der Waals surface area contributed by atoms with Crippen LogP contribution in [0.5, 0.6) is 0 Å². The molecule has 0 aromatic carbocycles. The highest BCUT2D eigenvalue weighted by molar-refractivity contribution is 5.97. The summed E-state index contributed by atoms with van der Waals surface area (Å²) in [6.45, 7) is 24.7. The van der Waals surface area contributed by atoms with Crippen LogP contribution in [0.2, 0.25) is 0 Å². The lowest BCUT2D eigenvalue weighted by Crippen LogP contribution is -2.61. The average Bonchev–Trinajstić information content (AvgIpc) is 3.46. The standard InChI is InChI=1S/C47H89N3O3/c1-11-14-27-40(43(33(4)5)34(6)7)31-41-44(42(13-3)48-45(41)50-32-36(9)46(51)49-47(50)52)53-28-25-23-21-19-17-15-16-18-20-22-24-26-38-29-35(8)37(10)39(12-2)30-38/h33-45,48H,11-32H2,1-10H3,(H,49,51,52)/t35-,36?,37-,38?,39+,40?,41+,42-,44?,45+/m1/s1. The third kappa shape index (κ3) is 14.4. The fourth-order valence-electron chi connectivity index (χ4n) is 11.3. The Labute approximate surface area is 329 Å². The first-order chi connectivity index (χ1) is 25.4. The number of amides is 3. The first-order valence-electron chi connectivity index (χ1n) is 23.4. The minimum atomic E-state index is -0.246. The van der Waals surface area contributed by atoms with Crippen molar-refractivity contribution in [3.8, 4) is 0 Å². The van der Waals surface area contributed by atoms with Gasteiger partial charge >= 0.3 is 6.03 Å². The number of carbonyl (C=O) groups excluding carboxylic acids is 2. The van der Waals surface area contributed by atoms with E-state index in [9.17, 15) is 9.59 Å². The van der Waals surface area contributed by atoms with Crippen LogP contribution in [-0.4, -0.2) is 48.3 Å². The van der Waals surface area contributed by atoms with Gasteiger partial charge in [0.1, 0.15) is 0 Å². The summed E-state index contributed by atoms with van der Waals surface area (Å²) in [6.07, 6.45) is 26.4. The molecule has 3 aliphatic rings. The molecule has 2 N–H and O–H groups in total. The molecular formula is C47H89N3O3. The number of carbonyl (C=O) groups is 2. The van der Waals surface area contributed by atoms with E-state index in [1.807, 2.05) is 11.8 Å². The number of hydrogen-bond donors (Lipinski definition) is 2. The van der Waals surface area contributed by atoms with Crippen molar-refractivity contribution in [1.82, 2.24) is 15.5 Å². The highest BCUT2D eigenvalue weighted by atomic mass is 16.5. The molecule has 1 saturated carbocycles. The van der Waals surface area contributed by atoms with Crippen LogP contribution in [0.1, 0.15) is 198 Å². The Balaban J connectivity index is 1.42. The van der Waals surface area contributed by atoms with Crippen molar-refractivity contribution in [2.24, 2.45) is 59.2 Å². The number of nitrogens with zero attached hydrogens (tertiary/aromatic N) is 1. The molecule has 0 radical (unpaired) electrons. The fraction of sp³-hybridized carbons (Fsp3) is 0.957. The highest BCUT2D eigenvalue weighted by Crippen LogP contribution is 2.43. The van der Waals surface area contributed by atoms with Gasteiger partial charge in [-0.2, -0.15) is 0 Å². The molecule has 4 unspecified atom stereocenters. The van der Waals surface area contributed by atoms with Gasteiger partial charge in [0.15, 0.2) is 0 Å². The Kier molecular flexibility index (Phi) is 21.4. The molecule has 0 aromatic heterocycles. The smallest absolute Gasteiger partial charge is 0.325 e. The number of rotatable bonds is 26. The molecule has 3 fully saturated rings. The Morgan fingerprint density at radius 1 is 0.774 bits per heavy atom. The molecule has 53 heavy (non-hydrogen) atoms. The monoisotopic (exact) mass is 744 g/mol. The van der Waals surface area contributed by atoms with Gasteiger partial charge in [-0.1, -0.05) is 166 Å². The van der Waals surface area contributed by atoms with E-state index in [4.69, 9.17) is 4.74 Å². The minimum absolute atomic E-state index is 0.0815. The molecule has 0 aromatic rings. The predicted molar refractivity (Wildman–Crippen MR) is 225 cm³/mol. The molecule has 1 aliphatic carbocycles. The molecule has 6 nitrogen and oxygen atoms in total. The van der Waals surface area contributed by atoms with Crippen molar-refractivity contribution in [2.45, 2.75) is 216 Å². The quantitative estimate of drug-likeness (QED) is 0.0866. The molecule has 3 amide bonds. The molecule has 3 rings (SSSR count). The third-order valence-electron chi connectivity index (χ3n) is 14.5. The van der Waals surface area contributed by atoms with E-state index in [2.05, 4.69) is 72.9 Å². The number of nitrogens with one attached hydrogen (secondary N) is 2. The molecule has 0 spiro atoms. The molecule has 10 atom stereocenters. The first kappa shape index (κ1) is 46.2. The summed E-state index contributed by atoms with van der Waals surface area (Å²) < 4.78 is 6.89. The Bertz CT molecular complexity index is 1010. The lowest BCUT2D eigenvalue weighted by molar-refractivity contribution is -0.126. The van der Waals surface area contributed by atoms with Gasteiger partial charge in [-0.25, -0.2) is 4.79 Å². The van der Waals surface area contributed by atoms with Gasteiger partial charge in [-0.15, -0.1) is 0 Å². The van der Waals surface area contributed by atoms with Crippen LogP contribution in [0.4, 0.5) is 4.79 Å². The highest BCUT2D eigenvalue weighted by Gasteiger charge is 2.49. The zero-order valence-electron chi connectivity index (χ0n) is 36.7. The maximum Gasteiger partial charge on any atom is 0.325 e. The van der Waals surface area contributed by atoms with Crippen molar-refractivity contribution in [3.05, 3.63) is 0 Å². The molecule has 6 heteroatoms. The predicted octanol–water partition coefficient (Wildman–Crippen LogP) is 12.4. The lowest BCUT2D eigenvalue weighted by atomic mass is 9.67.